The molecule has 0 saturated carbocycles. The highest BCUT2D eigenvalue weighted by Gasteiger charge is 2.26. The standard InChI is InChI=1S/C15H26N4O/c1-3-5-10-19(11-14(17)20)15(13(16)4-2)12-6-8-18-9-7-12/h6-9,13,15H,3-5,10-11,16H2,1-2H3,(H2,17,20). The number of pyridine rings is 1. The van der Waals surface area contributed by atoms with Gasteiger partial charge in [0.15, 0.2) is 0 Å². The lowest BCUT2D eigenvalue weighted by molar-refractivity contribution is -0.119. The van der Waals surface area contributed by atoms with Crippen molar-refractivity contribution in [1.82, 2.24) is 9.88 Å². The number of nitrogens with two attached hydrogens (primary N) is 2. The second-order valence-electron chi connectivity index (χ2n) is 5.09. The van der Waals surface area contributed by atoms with E-state index in [0.29, 0.717) is 0 Å². The van der Waals surface area contributed by atoms with Crippen LogP contribution in [0.15, 0.2) is 24.5 Å². The summed E-state index contributed by atoms with van der Waals surface area (Å²) in [7, 11) is 0. The Balaban J connectivity index is 3.00. The van der Waals surface area contributed by atoms with E-state index in [1.807, 2.05) is 12.1 Å². The maximum Gasteiger partial charge on any atom is 0.231 e. The Morgan fingerprint density at radius 1 is 1.35 bits per heavy atom. The van der Waals surface area contributed by atoms with E-state index in [1.54, 1.807) is 12.4 Å². The first kappa shape index (κ1) is 16.6. The van der Waals surface area contributed by atoms with Crippen molar-refractivity contribution in [1.29, 1.82) is 0 Å². The van der Waals surface area contributed by atoms with Gasteiger partial charge in [0.2, 0.25) is 5.91 Å². The van der Waals surface area contributed by atoms with E-state index in [1.165, 1.54) is 0 Å². The van der Waals surface area contributed by atoms with Crippen LogP contribution in [0.4, 0.5) is 0 Å². The Kier molecular flexibility index (Phi) is 7.18. The molecular weight excluding hydrogens is 252 g/mol. The molecule has 0 aliphatic carbocycles. The summed E-state index contributed by atoms with van der Waals surface area (Å²) in [6.45, 7) is 5.24. The highest BCUT2D eigenvalue weighted by molar-refractivity contribution is 5.76. The molecule has 0 bridgehead atoms. The van der Waals surface area contributed by atoms with Gasteiger partial charge in [0.05, 0.1) is 12.6 Å². The molecule has 0 aliphatic heterocycles. The van der Waals surface area contributed by atoms with Gasteiger partial charge in [-0.05, 0) is 37.1 Å². The Morgan fingerprint density at radius 2 is 2.00 bits per heavy atom. The first-order valence-corrected chi connectivity index (χ1v) is 7.28. The van der Waals surface area contributed by atoms with E-state index >= 15 is 0 Å². The summed E-state index contributed by atoms with van der Waals surface area (Å²) in [5, 5.41) is 0. The van der Waals surface area contributed by atoms with Crippen LogP contribution in [0.3, 0.4) is 0 Å². The minimum Gasteiger partial charge on any atom is -0.369 e. The molecule has 5 heteroatoms. The lowest BCUT2D eigenvalue weighted by Gasteiger charge is -2.34. The van der Waals surface area contributed by atoms with E-state index in [2.05, 4.69) is 23.7 Å². The van der Waals surface area contributed by atoms with Gasteiger partial charge in [-0.25, -0.2) is 0 Å². The van der Waals surface area contributed by atoms with Gasteiger partial charge in [-0.1, -0.05) is 20.3 Å². The molecule has 112 valence electrons. The molecule has 2 atom stereocenters. The molecule has 20 heavy (non-hydrogen) atoms. The van der Waals surface area contributed by atoms with Gasteiger partial charge in [-0.15, -0.1) is 0 Å². The largest absolute Gasteiger partial charge is 0.369 e. The van der Waals surface area contributed by atoms with E-state index in [9.17, 15) is 4.79 Å². The minimum absolute atomic E-state index is 0.00190. The third-order valence-electron chi connectivity index (χ3n) is 3.48. The summed E-state index contributed by atoms with van der Waals surface area (Å²) >= 11 is 0. The summed E-state index contributed by atoms with van der Waals surface area (Å²) in [4.78, 5) is 17.5. The van der Waals surface area contributed by atoms with Crippen LogP contribution in [-0.4, -0.2) is 34.9 Å². The van der Waals surface area contributed by atoms with Crippen molar-refractivity contribution >= 4 is 5.91 Å². The molecule has 0 radical (unpaired) electrons. The molecular formula is C15H26N4O. The molecule has 0 aliphatic rings. The minimum atomic E-state index is -0.316. The van der Waals surface area contributed by atoms with Crippen molar-refractivity contribution in [3.05, 3.63) is 30.1 Å². The van der Waals surface area contributed by atoms with Crippen LogP contribution >= 0.6 is 0 Å². The number of hydrogen-bond donors (Lipinski definition) is 2. The van der Waals surface area contributed by atoms with Gasteiger partial charge in [0.25, 0.3) is 0 Å². The van der Waals surface area contributed by atoms with Crippen molar-refractivity contribution in [3.8, 4) is 0 Å². The predicted molar refractivity (Wildman–Crippen MR) is 80.9 cm³/mol. The predicted octanol–water partition coefficient (Wildman–Crippen LogP) is 1.45. The molecule has 2 unspecified atom stereocenters. The molecule has 1 aromatic rings. The lowest BCUT2D eigenvalue weighted by Crippen LogP contribution is -2.45. The summed E-state index contributed by atoms with van der Waals surface area (Å²) in [5.74, 6) is -0.316. The van der Waals surface area contributed by atoms with Crippen molar-refractivity contribution in [3.63, 3.8) is 0 Å². The molecule has 0 spiro atoms. The summed E-state index contributed by atoms with van der Waals surface area (Å²) in [5.41, 5.74) is 12.8. The molecule has 1 heterocycles. The van der Waals surface area contributed by atoms with Crippen LogP contribution in [0.2, 0.25) is 0 Å². The van der Waals surface area contributed by atoms with Crippen molar-refractivity contribution in [2.45, 2.75) is 45.2 Å². The van der Waals surface area contributed by atoms with Crippen LogP contribution in [0.1, 0.15) is 44.7 Å². The van der Waals surface area contributed by atoms with E-state index < -0.39 is 0 Å². The monoisotopic (exact) mass is 278 g/mol. The fraction of sp³-hybridized carbons (Fsp3) is 0.600. The van der Waals surface area contributed by atoms with Gasteiger partial charge in [-0.2, -0.15) is 0 Å². The first-order valence-electron chi connectivity index (χ1n) is 7.28. The quantitative estimate of drug-likeness (QED) is 0.716. The van der Waals surface area contributed by atoms with E-state index in [4.69, 9.17) is 11.5 Å². The zero-order valence-corrected chi connectivity index (χ0v) is 12.5. The molecule has 5 nitrogen and oxygen atoms in total. The second-order valence-corrected chi connectivity index (χ2v) is 5.09. The van der Waals surface area contributed by atoms with Crippen molar-refractivity contribution in [2.75, 3.05) is 13.1 Å². The number of hydrogen-bond acceptors (Lipinski definition) is 4. The fourth-order valence-corrected chi connectivity index (χ4v) is 2.39. The van der Waals surface area contributed by atoms with Gasteiger partial charge in [0, 0.05) is 18.4 Å². The molecule has 0 fully saturated rings. The normalized spacial score (nSPS) is 14.2. The van der Waals surface area contributed by atoms with Crippen LogP contribution < -0.4 is 11.5 Å². The lowest BCUT2D eigenvalue weighted by atomic mass is 9.96. The number of rotatable bonds is 9. The SMILES string of the molecule is CCCCN(CC(N)=O)C(c1ccncc1)C(N)CC. The fourth-order valence-electron chi connectivity index (χ4n) is 2.39. The number of unbranched alkanes of at least 4 members (excludes halogenated alkanes) is 1. The Hall–Kier alpha value is -1.46. The molecule has 0 aromatic carbocycles. The van der Waals surface area contributed by atoms with Gasteiger partial charge < -0.3 is 11.5 Å². The van der Waals surface area contributed by atoms with E-state index in [-0.39, 0.29) is 24.5 Å². The second kappa shape index (κ2) is 8.66. The highest BCUT2D eigenvalue weighted by Crippen LogP contribution is 2.24. The van der Waals surface area contributed by atoms with Crippen LogP contribution in [0.25, 0.3) is 0 Å². The maximum absolute atomic E-state index is 11.3. The summed E-state index contributed by atoms with van der Waals surface area (Å²) in [6, 6.07) is 3.89. The third kappa shape index (κ3) is 4.90. The molecule has 4 N–H and O–H groups in total. The Bertz CT molecular complexity index is 396. The number of nitrogens with zero attached hydrogens (tertiary/aromatic N) is 2. The highest BCUT2D eigenvalue weighted by atomic mass is 16.1. The number of carbonyl (C=O) groups excluding carboxylic acids is 1. The van der Waals surface area contributed by atoms with Gasteiger partial charge in [-0.3, -0.25) is 14.7 Å². The zero-order chi connectivity index (χ0) is 15.0. The Morgan fingerprint density at radius 3 is 2.50 bits per heavy atom. The summed E-state index contributed by atoms with van der Waals surface area (Å²) < 4.78 is 0. The van der Waals surface area contributed by atoms with Crippen molar-refractivity contribution in [2.24, 2.45) is 11.5 Å². The average molecular weight is 278 g/mol. The number of amides is 1. The van der Waals surface area contributed by atoms with Crippen molar-refractivity contribution < 1.29 is 4.79 Å². The van der Waals surface area contributed by atoms with Crippen LogP contribution in [-0.2, 0) is 4.79 Å². The number of carbonyl (C=O) groups is 1. The molecule has 1 aromatic heterocycles. The third-order valence-corrected chi connectivity index (χ3v) is 3.48. The van der Waals surface area contributed by atoms with Crippen LogP contribution in [0.5, 0.6) is 0 Å². The molecule has 1 rings (SSSR count). The zero-order valence-electron chi connectivity index (χ0n) is 12.5. The van der Waals surface area contributed by atoms with Gasteiger partial charge in [0.1, 0.15) is 0 Å². The molecule has 0 saturated heterocycles. The van der Waals surface area contributed by atoms with Crippen LogP contribution in [0, 0.1) is 0 Å². The first-order chi connectivity index (χ1) is 9.60. The van der Waals surface area contributed by atoms with E-state index in [0.717, 1.165) is 31.4 Å². The average Bonchev–Trinajstić information content (AvgIpc) is 2.45. The Labute approximate surface area is 121 Å². The number of primary amides is 1. The number of aromatic nitrogens is 1. The maximum atomic E-state index is 11.3. The summed E-state index contributed by atoms with van der Waals surface area (Å²) in [6.07, 6.45) is 6.44. The molecule has 1 amide bonds. The van der Waals surface area contributed by atoms with Gasteiger partial charge >= 0.3 is 0 Å². The smallest absolute Gasteiger partial charge is 0.231 e. The topological polar surface area (TPSA) is 85.2 Å².